The molecule has 4 atom stereocenters. The minimum Gasteiger partial charge on any atom is -0.372 e. The molecule has 4 aliphatic rings. The summed E-state index contributed by atoms with van der Waals surface area (Å²) in [7, 11) is 0. The van der Waals surface area contributed by atoms with Gasteiger partial charge in [-0.05, 0) is 25.5 Å². The van der Waals surface area contributed by atoms with Gasteiger partial charge >= 0.3 is 12.4 Å². The van der Waals surface area contributed by atoms with Gasteiger partial charge in [-0.25, -0.2) is 9.18 Å². The first kappa shape index (κ1) is 26.8. The van der Waals surface area contributed by atoms with Gasteiger partial charge in [-0.15, -0.1) is 13.2 Å². The summed E-state index contributed by atoms with van der Waals surface area (Å²) in [5.41, 5.74) is -1.90. The predicted octanol–water partition coefficient (Wildman–Crippen LogP) is 2.44. The molecule has 6 rings (SSSR count). The number of hydrogen-bond donors (Lipinski definition) is 2. The number of benzene rings is 1. The number of morpholine rings is 1. The lowest BCUT2D eigenvalue weighted by molar-refractivity contribution is -0.323. The number of fused-ring (bicyclic) bond motifs is 5. The number of halogens is 4. The lowest BCUT2D eigenvalue weighted by Gasteiger charge is -2.55. The highest BCUT2D eigenvalue weighted by molar-refractivity contribution is 8.14. The van der Waals surface area contributed by atoms with E-state index < -0.39 is 70.8 Å². The standard InChI is InChI=1S/C23H21F4N5O7S/c1-8-5-31-14-10(4-22(16(31)9(2)38-8)18(33)28-20(35)29-19(22)34)3-12-15(13(14)24)39-30-17(12)32-6-11(40-21(32)36)7-37-23(25,26)27/h3,8-9,11,16H,4-7H2,1-2H3,(H2,28,29,33,34,35)/t8-,9+,11-,16-/m1/s1. The number of anilines is 2. The summed E-state index contributed by atoms with van der Waals surface area (Å²) in [5.74, 6) is -2.71. The first-order chi connectivity index (χ1) is 18.8. The van der Waals surface area contributed by atoms with Crippen LogP contribution in [-0.4, -0.2) is 77.8 Å². The third-order valence-electron chi connectivity index (χ3n) is 7.51. The molecular weight excluding hydrogens is 566 g/mol. The Morgan fingerprint density at radius 1 is 1.18 bits per heavy atom. The Hall–Kier alpha value is -3.44. The van der Waals surface area contributed by atoms with E-state index in [1.807, 2.05) is 0 Å². The molecule has 12 nitrogen and oxygen atoms in total. The second kappa shape index (κ2) is 9.04. The second-order valence-corrected chi connectivity index (χ2v) is 11.3. The number of aromatic nitrogens is 1. The number of hydrogen-bond acceptors (Lipinski definition) is 10. The van der Waals surface area contributed by atoms with Gasteiger partial charge in [0.1, 0.15) is 0 Å². The molecule has 1 spiro atoms. The van der Waals surface area contributed by atoms with Gasteiger partial charge in [0.05, 0.1) is 41.2 Å². The molecule has 40 heavy (non-hydrogen) atoms. The van der Waals surface area contributed by atoms with Crippen LogP contribution in [0.2, 0.25) is 0 Å². The number of ether oxygens (including phenoxy) is 2. The van der Waals surface area contributed by atoms with Crippen LogP contribution in [0.3, 0.4) is 0 Å². The fourth-order valence-corrected chi connectivity index (χ4v) is 7.03. The molecule has 1 aromatic carbocycles. The Balaban J connectivity index is 1.44. The third kappa shape index (κ3) is 4.01. The third-order valence-corrected chi connectivity index (χ3v) is 8.55. The molecule has 0 aliphatic carbocycles. The summed E-state index contributed by atoms with van der Waals surface area (Å²) >= 11 is 0.614. The van der Waals surface area contributed by atoms with Crippen LogP contribution in [0.1, 0.15) is 19.4 Å². The minimum atomic E-state index is -4.87. The first-order valence-corrected chi connectivity index (χ1v) is 13.1. The van der Waals surface area contributed by atoms with Gasteiger partial charge in [0, 0.05) is 19.5 Å². The van der Waals surface area contributed by atoms with Gasteiger partial charge in [0.25, 0.3) is 5.24 Å². The minimum absolute atomic E-state index is 0.0262. The lowest BCUT2D eigenvalue weighted by Crippen LogP contribution is -2.75. The molecule has 3 fully saturated rings. The number of alkyl halides is 3. The molecule has 4 aliphatic heterocycles. The van der Waals surface area contributed by atoms with Gasteiger partial charge in [-0.1, -0.05) is 16.9 Å². The van der Waals surface area contributed by atoms with Crippen LogP contribution < -0.4 is 20.4 Å². The van der Waals surface area contributed by atoms with E-state index in [9.17, 15) is 32.3 Å². The van der Waals surface area contributed by atoms with Crippen LogP contribution in [0, 0.1) is 11.2 Å². The van der Waals surface area contributed by atoms with Crippen molar-refractivity contribution in [3.63, 3.8) is 0 Å². The number of barbiturate groups is 1. The van der Waals surface area contributed by atoms with E-state index >= 15 is 4.39 Å². The highest BCUT2D eigenvalue weighted by Crippen LogP contribution is 2.50. The molecule has 17 heteroatoms. The van der Waals surface area contributed by atoms with Gasteiger partial charge in [0.15, 0.2) is 17.1 Å². The molecular formula is C23H21F4N5O7S. The summed E-state index contributed by atoms with van der Waals surface area (Å²) in [6, 6.07) is -0.519. The van der Waals surface area contributed by atoms with Crippen molar-refractivity contribution in [2.45, 2.75) is 50.1 Å². The summed E-state index contributed by atoms with van der Waals surface area (Å²) in [4.78, 5) is 53.8. The molecule has 3 saturated heterocycles. The molecule has 0 unspecified atom stereocenters. The van der Waals surface area contributed by atoms with Crippen molar-refractivity contribution in [1.82, 2.24) is 15.8 Å². The van der Waals surface area contributed by atoms with E-state index in [2.05, 4.69) is 20.5 Å². The second-order valence-electron chi connectivity index (χ2n) is 10.1. The Labute approximate surface area is 226 Å². The number of imide groups is 2. The zero-order valence-electron chi connectivity index (χ0n) is 20.8. The van der Waals surface area contributed by atoms with Gasteiger partial charge in [0.2, 0.25) is 17.4 Å². The monoisotopic (exact) mass is 587 g/mol. The zero-order valence-corrected chi connectivity index (χ0v) is 21.7. The van der Waals surface area contributed by atoms with Gasteiger partial charge in [-0.3, -0.25) is 34.7 Å². The van der Waals surface area contributed by atoms with E-state index in [0.717, 1.165) is 4.90 Å². The fourth-order valence-electron chi connectivity index (χ4n) is 6.10. The average Bonchev–Trinajstić information content (AvgIpc) is 3.43. The summed E-state index contributed by atoms with van der Waals surface area (Å²) in [6.07, 6.45) is -6.33. The van der Waals surface area contributed by atoms with E-state index in [-0.39, 0.29) is 47.5 Å². The predicted molar refractivity (Wildman–Crippen MR) is 129 cm³/mol. The Kier molecular flexibility index (Phi) is 6.05. The maximum Gasteiger partial charge on any atom is 0.522 e. The molecule has 5 heterocycles. The van der Waals surface area contributed by atoms with E-state index in [0.29, 0.717) is 11.8 Å². The van der Waals surface area contributed by atoms with Crippen LogP contribution in [0.5, 0.6) is 0 Å². The van der Waals surface area contributed by atoms with Crippen molar-refractivity contribution >= 4 is 57.3 Å². The summed E-state index contributed by atoms with van der Waals surface area (Å²) < 4.78 is 68.7. The number of nitrogens with zero attached hydrogens (tertiary/aromatic N) is 3. The Morgan fingerprint density at radius 3 is 2.55 bits per heavy atom. The van der Waals surface area contributed by atoms with Gasteiger partial charge < -0.3 is 14.2 Å². The number of nitrogens with one attached hydrogen (secondary N) is 2. The van der Waals surface area contributed by atoms with Crippen LogP contribution >= 0.6 is 11.8 Å². The number of carbonyl (C=O) groups excluding carboxylic acids is 4. The Morgan fingerprint density at radius 2 is 1.88 bits per heavy atom. The van der Waals surface area contributed by atoms with Crippen molar-refractivity contribution in [3.05, 3.63) is 17.4 Å². The fraction of sp³-hybridized carbons (Fsp3) is 0.522. The SMILES string of the molecule is C[C@@H]1CN2c3c(cc4c(N5C[C@H](COC(F)(F)F)SC5=O)noc4c3F)CC3(C(=O)NC(=O)NC3=O)[C@H]2[C@H](C)O1. The number of amides is 5. The highest BCUT2D eigenvalue weighted by atomic mass is 32.2. The number of rotatable bonds is 3. The van der Waals surface area contributed by atoms with Crippen molar-refractivity contribution in [1.29, 1.82) is 0 Å². The van der Waals surface area contributed by atoms with Crippen LogP contribution in [0.15, 0.2) is 10.6 Å². The average molecular weight is 588 g/mol. The summed E-state index contributed by atoms with van der Waals surface area (Å²) in [5, 5.41) is 6.63. The smallest absolute Gasteiger partial charge is 0.372 e. The number of urea groups is 1. The first-order valence-electron chi connectivity index (χ1n) is 12.2. The molecule has 2 aromatic rings. The highest BCUT2D eigenvalue weighted by Gasteiger charge is 2.63. The molecule has 1 aromatic heterocycles. The molecule has 214 valence electrons. The normalized spacial score (nSPS) is 28.1. The topological polar surface area (TPSA) is 143 Å². The van der Waals surface area contributed by atoms with Crippen molar-refractivity contribution in [2.24, 2.45) is 5.41 Å². The summed E-state index contributed by atoms with van der Waals surface area (Å²) in [6.45, 7) is 2.50. The largest absolute Gasteiger partial charge is 0.522 e. The van der Waals surface area contributed by atoms with Crippen molar-refractivity contribution in [2.75, 3.05) is 29.5 Å². The van der Waals surface area contributed by atoms with E-state index in [1.165, 1.54) is 6.07 Å². The van der Waals surface area contributed by atoms with Crippen molar-refractivity contribution < 1.29 is 50.7 Å². The van der Waals surface area contributed by atoms with Crippen LogP contribution in [0.25, 0.3) is 11.0 Å². The van der Waals surface area contributed by atoms with E-state index in [1.54, 1.807) is 18.7 Å². The molecule has 5 amide bonds. The van der Waals surface area contributed by atoms with Crippen LogP contribution in [-0.2, 0) is 25.5 Å². The zero-order chi connectivity index (χ0) is 28.7. The number of thioether (sulfide) groups is 1. The maximum atomic E-state index is 16.2. The molecule has 2 N–H and O–H groups in total. The van der Waals surface area contributed by atoms with Crippen molar-refractivity contribution in [3.8, 4) is 0 Å². The lowest BCUT2D eigenvalue weighted by atomic mass is 9.66. The van der Waals surface area contributed by atoms with E-state index in [4.69, 9.17) is 9.26 Å². The van der Waals surface area contributed by atoms with Crippen LogP contribution in [0.4, 0.5) is 38.7 Å². The number of carbonyl (C=O) groups is 4. The van der Waals surface area contributed by atoms with Gasteiger partial charge in [-0.2, -0.15) is 0 Å². The quantitative estimate of drug-likeness (QED) is 0.406. The molecule has 0 bridgehead atoms. The molecule has 0 radical (unpaired) electrons. The molecule has 0 saturated carbocycles. The Bertz CT molecular complexity index is 1450. The maximum absolute atomic E-state index is 16.2.